The van der Waals surface area contributed by atoms with Gasteiger partial charge in [0.1, 0.15) is 5.82 Å². The van der Waals surface area contributed by atoms with Crippen LogP contribution in [0.4, 0.5) is 11.5 Å². The number of nitrogens with one attached hydrogen (secondary N) is 2. The lowest BCUT2D eigenvalue weighted by atomic mass is 9.94. The molecule has 4 N–H and O–H groups in total. The summed E-state index contributed by atoms with van der Waals surface area (Å²) in [6.07, 6.45) is 3.42. The number of rotatable bonds is 6. The van der Waals surface area contributed by atoms with E-state index in [0.29, 0.717) is 22.9 Å². The lowest BCUT2D eigenvalue weighted by molar-refractivity contribution is 0.705. The van der Waals surface area contributed by atoms with Gasteiger partial charge in [0.05, 0.1) is 11.9 Å². The largest absolute Gasteiger partial charge is 0.330 e. The van der Waals surface area contributed by atoms with Crippen LogP contribution in [-0.4, -0.2) is 29.5 Å². The second-order valence-electron chi connectivity index (χ2n) is 8.59. The van der Waals surface area contributed by atoms with Crippen LogP contribution in [0.3, 0.4) is 0 Å². The first-order valence-corrected chi connectivity index (χ1v) is 11.3. The van der Waals surface area contributed by atoms with E-state index < -0.39 is 0 Å². The molecule has 0 aliphatic heterocycles. The molecule has 0 saturated heterocycles. The third-order valence-corrected chi connectivity index (χ3v) is 6.89. The normalized spacial score (nSPS) is 14.3. The topological polar surface area (TPSA) is 94.8 Å². The molecule has 1 aliphatic carbocycles. The molecule has 0 radical (unpaired) electrons. The summed E-state index contributed by atoms with van der Waals surface area (Å²) in [6.45, 7) is 0.700. The molecule has 5 rings (SSSR count). The molecule has 0 unspecified atom stereocenters. The maximum atomic E-state index is 8.31. The van der Waals surface area contributed by atoms with Crippen molar-refractivity contribution in [3.63, 3.8) is 0 Å². The molecule has 1 aromatic heterocycles. The molecule has 166 valence electrons. The highest BCUT2D eigenvalue weighted by molar-refractivity contribution is 6.31. The lowest BCUT2D eigenvalue weighted by Gasteiger charge is -2.22. The van der Waals surface area contributed by atoms with Crippen LogP contribution < -0.4 is 16.3 Å². The van der Waals surface area contributed by atoms with Crippen molar-refractivity contribution in [2.75, 3.05) is 18.5 Å². The van der Waals surface area contributed by atoms with Gasteiger partial charge >= 0.3 is 0 Å². The van der Waals surface area contributed by atoms with Crippen LogP contribution in [-0.2, 0) is 5.41 Å². The van der Waals surface area contributed by atoms with Gasteiger partial charge in [-0.05, 0) is 59.9 Å². The number of nitrogens with zero attached hydrogens (tertiary/aromatic N) is 3. The number of aromatic nitrogens is 2. The third kappa shape index (κ3) is 3.71. The third-order valence-electron chi connectivity index (χ3n) is 6.66. The van der Waals surface area contributed by atoms with Crippen LogP contribution in [0.2, 0.25) is 5.02 Å². The minimum atomic E-state index is -0.0257. The number of anilines is 2. The Morgan fingerprint density at radius 1 is 1.09 bits per heavy atom. The van der Waals surface area contributed by atoms with Crippen LogP contribution in [0.1, 0.15) is 18.4 Å². The molecular weight excluding hydrogens is 432 g/mol. The molecule has 0 amide bonds. The van der Waals surface area contributed by atoms with E-state index >= 15 is 0 Å². The summed E-state index contributed by atoms with van der Waals surface area (Å²) in [5.41, 5.74) is 11.3. The second-order valence-corrected chi connectivity index (χ2v) is 9.03. The Kier molecular flexibility index (Phi) is 5.27. The fraction of sp³-hybridized carbons (Fsp3) is 0.192. The predicted octanol–water partition coefficient (Wildman–Crippen LogP) is 5.05. The molecule has 1 heterocycles. The standard InChI is InChI=1S/C26H25ClN6/c1-32(24-22-10-9-20(27)14-23(22)33(16-29)25(30)31-24)21-4-2-3-18(13-21)17-5-7-19(8-6-17)26(15-28)11-12-26/h2-10,13-14,16,29-30H,11-12,15,28H2,1H3. The van der Waals surface area contributed by atoms with Gasteiger partial charge < -0.3 is 10.6 Å². The minimum Gasteiger partial charge on any atom is -0.330 e. The van der Waals surface area contributed by atoms with Gasteiger partial charge in [0.25, 0.3) is 0 Å². The zero-order valence-electron chi connectivity index (χ0n) is 18.3. The summed E-state index contributed by atoms with van der Waals surface area (Å²) < 4.78 is 1.41. The van der Waals surface area contributed by atoms with Crippen molar-refractivity contribution in [2.45, 2.75) is 18.3 Å². The van der Waals surface area contributed by atoms with Gasteiger partial charge in [0, 0.05) is 35.1 Å². The van der Waals surface area contributed by atoms with Crippen molar-refractivity contribution >= 4 is 40.3 Å². The molecule has 0 atom stereocenters. The van der Waals surface area contributed by atoms with Crippen LogP contribution in [0.25, 0.3) is 22.0 Å². The Balaban J connectivity index is 1.54. The fourth-order valence-electron chi connectivity index (χ4n) is 4.40. The Morgan fingerprint density at radius 2 is 1.85 bits per heavy atom. The maximum absolute atomic E-state index is 8.31. The highest BCUT2D eigenvalue weighted by atomic mass is 35.5. The van der Waals surface area contributed by atoms with Crippen molar-refractivity contribution in [1.82, 2.24) is 9.55 Å². The Labute approximate surface area is 197 Å². The number of hydrogen-bond donors (Lipinski definition) is 3. The van der Waals surface area contributed by atoms with Gasteiger partial charge in [-0.3, -0.25) is 15.4 Å². The summed E-state index contributed by atoms with van der Waals surface area (Å²) in [4.78, 5) is 6.45. The Bertz CT molecular complexity index is 1420. The first-order chi connectivity index (χ1) is 16.0. The van der Waals surface area contributed by atoms with Crippen molar-refractivity contribution in [1.29, 1.82) is 10.8 Å². The fourth-order valence-corrected chi connectivity index (χ4v) is 4.57. The van der Waals surface area contributed by atoms with E-state index in [0.717, 1.165) is 28.5 Å². The van der Waals surface area contributed by atoms with Crippen LogP contribution in [0.15, 0.2) is 66.7 Å². The first kappa shape index (κ1) is 21.4. The molecule has 1 aliphatic rings. The average Bonchev–Trinajstić information content (AvgIpc) is 3.65. The molecule has 1 fully saturated rings. The Hall–Kier alpha value is -3.48. The summed E-state index contributed by atoms with van der Waals surface area (Å²) in [7, 11) is 1.94. The van der Waals surface area contributed by atoms with Gasteiger partial charge in [-0.25, -0.2) is 0 Å². The van der Waals surface area contributed by atoms with Crippen LogP contribution >= 0.6 is 11.6 Å². The SMILES string of the molecule is CN(c1cccc(-c2ccc(C3(CN)CC3)cc2)c1)c1nc(=N)n(C=N)c2cc(Cl)ccc12. The van der Waals surface area contributed by atoms with E-state index in [1.807, 2.05) is 30.1 Å². The zero-order valence-corrected chi connectivity index (χ0v) is 19.1. The molecule has 6 nitrogen and oxygen atoms in total. The lowest BCUT2D eigenvalue weighted by Crippen LogP contribution is -2.26. The second kappa shape index (κ2) is 8.14. The summed E-state index contributed by atoms with van der Waals surface area (Å²) in [6, 6.07) is 22.4. The van der Waals surface area contributed by atoms with E-state index in [1.54, 1.807) is 12.1 Å². The van der Waals surface area contributed by atoms with E-state index in [-0.39, 0.29) is 11.0 Å². The van der Waals surface area contributed by atoms with Crippen molar-refractivity contribution in [3.05, 3.63) is 82.9 Å². The highest BCUT2D eigenvalue weighted by Crippen LogP contribution is 2.47. The van der Waals surface area contributed by atoms with E-state index in [4.69, 9.17) is 28.2 Å². The van der Waals surface area contributed by atoms with Gasteiger partial charge in [-0.15, -0.1) is 0 Å². The van der Waals surface area contributed by atoms with Crippen molar-refractivity contribution in [3.8, 4) is 11.1 Å². The van der Waals surface area contributed by atoms with E-state index in [2.05, 4.69) is 41.4 Å². The highest BCUT2D eigenvalue weighted by Gasteiger charge is 2.42. The smallest absolute Gasteiger partial charge is 0.229 e. The summed E-state index contributed by atoms with van der Waals surface area (Å²) in [5, 5.41) is 17.4. The molecule has 0 bridgehead atoms. The minimum absolute atomic E-state index is 0.0257. The first-order valence-electron chi connectivity index (χ1n) is 10.9. The zero-order chi connectivity index (χ0) is 23.2. The molecule has 4 aromatic rings. The summed E-state index contributed by atoms with van der Waals surface area (Å²) in [5.74, 6) is 0.635. The number of halogens is 1. The van der Waals surface area contributed by atoms with Gasteiger partial charge in [0.2, 0.25) is 5.62 Å². The molecule has 3 aromatic carbocycles. The predicted molar refractivity (Wildman–Crippen MR) is 135 cm³/mol. The van der Waals surface area contributed by atoms with Crippen molar-refractivity contribution in [2.24, 2.45) is 5.73 Å². The quantitative estimate of drug-likeness (QED) is 0.280. The maximum Gasteiger partial charge on any atom is 0.229 e. The van der Waals surface area contributed by atoms with E-state index in [1.165, 1.54) is 23.0 Å². The number of nitrogens with two attached hydrogens (primary N) is 1. The molecule has 0 spiro atoms. The summed E-state index contributed by atoms with van der Waals surface area (Å²) >= 11 is 6.20. The van der Waals surface area contributed by atoms with Crippen LogP contribution in [0, 0.1) is 10.8 Å². The van der Waals surface area contributed by atoms with Crippen LogP contribution in [0.5, 0.6) is 0 Å². The van der Waals surface area contributed by atoms with Gasteiger partial charge in [-0.2, -0.15) is 4.98 Å². The Morgan fingerprint density at radius 3 is 2.52 bits per heavy atom. The number of benzene rings is 3. The van der Waals surface area contributed by atoms with Gasteiger partial charge in [-0.1, -0.05) is 48.0 Å². The van der Waals surface area contributed by atoms with E-state index in [9.17, 15) is 0 Å². The molecule has 33 heavy (non-hydrogen) atoms. The van der Waals surface area contributed by atoms with Crippen molar-refractivity contribution < 1.29 is 0 Å². The monoisotopic (exact) mass is 456 g/mol. The van der Waals surface area contributed by atoms with Gasteiger partial charge in [0.15, 0.2) is 0 Å². The molecule has 1 saturated carbocycles. The molecular formula is C26H25ClN6. The molecule has 7 heteroatoms. The average molecular weight is 457 g/mol. The number of fused-ring (bicyclic) bond motifs is 1. The number of hydrogen-bond acceptors (Lipinski definition) is 5.